The van der Waals surface area contributed by atoms with Crippen LogP contribution in [0.2, 0.25) is 0 Å². The molecule has 3 aromatic carbocycles. The van der Waals surface area contributed by atoms with Crippen molar-refractivity contribution in [3.05, 3.63) is 95.1 Å². The molecule has 1 heterocycles. The number of hydrogen-bond donors (Lipinski definition) is 5. The summed E-state index contributed by atoms with van der Waals surface area (Å²) in [6.07, 6.45) is -4.73. The monoisotopic (exact) mass is 635 g/mol. The van der Waals surface area contributed by atoms with Crippen molar-refractivity contribution in [2.75, 3.05) is 29.8 Å². The molecule has 5 N–H and O–H groups in total. The van der Waals surface area contributed by atoms with Gasteiger partial charge in [0.1, 0.15) is 5.75 Å². The summed E-state index contributed by atoms with van der Waals surface area (Å²) in [6, 6.07) is 18.4. The Hall–Kier alpha value is -3.29. The van der Waals surface area contributed by atoms with Crippen LogP contribution in [-0.4, -0.2) is 57.7 Å². The maximum Gasteiger partial charge on any atom is 0.416 e. The molecule has 0 saturated carbocycles. The molecule has 1 amide bonds. The standard InChI is InChI=1S/C32H40F3N3O5S/c1-4-43-27-18-23(17-26(20-27)38-14-9-15-44(38,41)42)30(40)37-28(16-22-10-6-5-7-11-22)29(39)21-36-31(2,3)24-12-8-13-25(19-24)32(33,34)35/h5-8,10-13,17-20,28-29,36,39,41-42H,4,9,14-16,21H2,1-3H3,(H,37,40)/t28-,29+/m0/s1. The minimum atomic E-state index is -4.48. The summed E-state index contributed by atoms with van der Waals surface area (Å²) >= 11 is 0. The Morgan fingerprint density at radius 3 is 2.36 bits per heavy atom. The molecule has 1 fully saturated rings. The Balaban J connectivity index is 1.56. The number of benzene rings is 3. The molecule has 0 aliphatic carbocycles. The van der Waals surface area contributed by atoms with Crippen molar-refractivity contribution < 1.29 is 36.9 Å². The maximum absolute atomic E-state index is 13.6. The molecule has 3 aromatic rings. The van der Waals surface area contributed by atoms with Crippen molar-refractivity contribution in [2.45, 2.75) is 57.5 Å². The van der Waals surface area contributed by atoms with Gasteiger partial charge in [0.15, 0.2) is 0 Å². The molecule has 1 saturated heterocycles. The van der Waals surface area contributed by atoms with E-state index in [-0.39, 0.29) is 24.3 Å². The Morgan fingerprint density at radius 1 is 1.02 bits per heavy atom. The van der Waals surface area contributed by atoms with Crippen molar-refractivity contribution in [1.82, 2.24) is 10.6 Å². The van der Waals surface area contributed by atoms with Crippen molar-refractivity contribution in [2.24, 2.45) is 0 Å². The van der Waals surface area contributed by atoms with E-state index in [0.29, 0.717) is 36.6 Å². The first-order valence-corrected chi connectivity index (χ1v) is 16.1. The largest absolute Gasteiger partial charge is 0.494 e. The van der Waals surface area contributed by atoms with Gasteiger partial charge in [0.05, 0.1) is 35.8 Å². The number of halogens is 3. The number of alkyl halides is 3. The molecule has 12 heteroatoms. The lowest BCUT2D eigenvalue weighted by atomic mass is 9.92. The van der Waals surface area contributed by atoms with Crippen LogP contribution in [0, 0.1) is 0 Å². The molecule has 2 atom stereocenters. The molecular weight excluding hydrogens is 595 g/mol. The molecule has 0 spiro atoms. The van der Waals surface area contributed by atoms with Gasteiger partial charge >= 0.3 is 6.18 Å². The van der Waals surface area contributed by atoms with Crippen LogP contribution in [0.1, 0.15) is 54.2 Å². The van der Waals surface area contributed by atoms with Crippen molar-refractivity contribution in [1.29, 1.82) is 0 Å². The Morgan fingerprint density at radius 2 is 1.73 bits per heavy atom. The topological polar surface area (TPSA) is 114 Å². The van der Waals surface area contributed by atoms with Crippen LogP contribution in [0.4, 0.5) is 18.9 Å². The van der Waals surface area contributed by atoms with Gasteiger partial charge in [0.25, 0.3) is 5.91 Å². The zero-order chi connectivity index (χ0) is 32.1. The maximum atomic E-state index is 13.6. The third kappa shape index (κ3) is 8.45. The minimum Gasteiger partial charge on any atom is -0.494 e. The van der Waals surface area contributed by atoms with E-state index in [1.165, 1.54) is 10.4 Å². The van der Waals surface area contributed by atoms with E-state index in [1.54, 1.807) is 45.0 Å². The van der Waals surface area contributed by atoms with Crippen LogP contribution >= 0.6 is 10.8 Å². The zero-order valence-electron chi connectivity index (χ0n) is 25.0. The fraction of sp³-hybridized carbons (Fsp3) is 0.406. The molecule has 44 heavy (non-hydrogen) atoms. The Kier molecular flexibility index (Phi) is 10.5. The van der Waals surface area contributed by atoms with Crippen LogP contribution in [0.25, 0.3) is 0 Å². The van der Waals surface area contributed by atoms with E-state index in [9.17, 15) is 32.2 Å². The fourth-order valence-corrected chi connectivity index (χ4v) is 6.76. The first-order chi connectivity index (χ1) is 20.7. The van der Waals surface area contributed by atoms with Crippen LogP contribution in [0.3, 0.4) is 0 Å². The number of aliphatic hydroxyl groups is 1. The van der Waals surface area contributed by atoms with Gasteiger partial charge in [-0.3, -0.25) is 18.2 Å². The van der Waals surface area contributed by atoms with E-state index in [4.69, 9.17) is 4.74 Å². The van der Waals surface area contributed by atoms with Gasteiger partial charge in [0.2, 0.25) is 0 Å². The first-order valence-electron chi connectivity index (χ1n) is 14.5. The second kappa shape index (κ2) is 13.8. The van der Waals surface area contributed by atoms with Crippen LogP contribution < -0.4 is 19.7 Å². The van der Waals surface area contributed by atoms with E-state index in [1.807, 2.05) is 30.3 Å². The second-order valence-corrected chi connectivity index (χ2v) is 13.5. The quantitative estimate of drug-likeness (QED) is 0.161. The second-order valence-electron chi connectivity index (χ2n) is 11.4. The molecule has 0 unspecified atom stereocenters. The van der Waals surface area contributed by atoms with Crippen molar-refractivity contribution in [3.63, 3.8) is 0 Å². The highest BCUT2D eigenvalue weighted by Gasteiger charge is 2.33. The molecule has 1 aliphatic rings. The van der Waals surface area contributed by atoms with Crippen LogP contribution in [-0.2, 0) is 18.1 Å². The van der Waals surface area contributed by atoms with Gasteiger partial charge in [-0.05, 0) is 69.0 Å². The Labute approximate surface area is 257 Å². The number of hydrogen-bond acceptors (Lipinski definition) is 7. The number of ether oxygens (including phenoxy) is 1. The Bertz CT molecular complexity index is 1420. The molecule has 8 nitrogen and oxygen atoms in total. The highest BCUT2D eigenvalue weighted by Crippen LogP contribution is 2.51. The average Bonchev–Trinajstić information content (AvgIpc) is 3.34. The summed E-state index contributed by atoms with van der Waals surface area (Å²) in [5, 5.41) is 17.4. The number of nitrogens with one attached hydrogen (secondary N) is 2. The minimum absolute atomic E-state index is 0.0278. The lowest BCUT2D eigenvalue weighted by Gasteiger charge is -2.38. The molecule has 240 valence electrons. The van der Waals surface area contributed by atoms with Gasteiger partial charge in [0, 0.05) is 30.3 Å². The molecule has 0 radical (unpaired) electrons. The van der Waals surface area contributed by atoms with E-state index in [2.05, 4.69) is 10.6 Å². The molecule has 4 rings (SSSR count). The van der Waals surface area contributed by atoms with Crippen LogP contribution in [0.5, 0.6) is 5.75 Å². The number of carbonyl (C=O) groups is 1. The molecule has 1 aliphatic heterocycles. The first kappa shape index (κ1) is 33.6. The lowest BCUT2D eigenvalue weighted by Crippen LogP contribution is -2.51. The van der Waals surface area contributed by atoms with Crippen molar-refractivity contribution >= 4 is 22.4 Å². The zero-order valence-corrected chi connectivity index (χ0v) is 25.8. The fourth-order valence-electron chi connectivity index (χ4n) is 5.16. The SMILES string of the molecule is CCOc1cc(C(=O)N[C@@H](Cc2ccccc2)[C@H](O)CNC(C)(C)c2cccc(C(F)(F)F)c2)cc(N2CCCS2(O)O)c1. The summed E-state index contributed by atoms with van der Waals surface area (Å²) in [4.78, 5) is 13.6. The number of nitrogens with zero attached hydrogens (tertiary/aromatic N) is 1. The molecular formula is C32H40F3N3O5S. The number of aliphatic hydroxyl groups excluding tert-OH is 1. The highest BCUT2D eigenvalue weighted by molar-refractivity contribution is 8.25. The van der Waals surface area contributed by atoms with Gasteiger partial charge in [-0.15, -0.1) is 10.8 Å². The number of rotatable bonds is 12. The smallest absolute Gasteiger partial charge is 0.416 e. The van der Waals surface area contributed by atoms with E-state index in [0.717, 1.165) is 17.7 Å². The summed E-state index contributed by atoms with van der Waals surface area (Å²) in [6.45, 7) is 5.98. The third-order valence-electron chi connectivity index (χ3n) is 7.63. The van der Waals surface area contributed by atoms with E-state index >= 15 is 0 Å². The predicted octanol–water partition coefficient (Wildman–Crippen LogP) is 6.21. The normalized spacial score (nSPS) is 17.2. The highest BCUT2D eigenvalue weighted by atomic mass is 32.3. The third-order valence-corrected chi connectivity index (χ3v) is 9.56. The van der Waals surface area contributed by atoms with Gasteiger partial charge in [-0.25, -0.2) is 0 Å². The summed E-state index contributed by atoms with van der Waals surface area (Å²) < 4.78 is 68.2. The van der Waals surface area contributed by atoms with Gasteiger partial charge < -0.3 is 20.5 Å². The van der Waals surface area contributed by atoms with Crippen LogP contribution in [0.15, 0.2) is 72.8 Å². The number of anilines is 1. The molecule has 0 bridgehead atoms. The number of carbonyl (C=O) groups excluding carboxylic acids is 1. The summed E-state index contributed by atoms with van der Waals surface area (Å²) in [7, 11) is -3.01. The van der Waals surface area contributed by atoms with Crippen molar-refractivity contribution in [3.8, 4) is 5.75 Å². The van der Waals surface area contributed by atoms with Gasteiger partial charge in [-0.1, -0.05) is 42.5 Å². The lowest BCUT2D eigenvalue weighted by molar-refractivity contribution is -0.137. The average molecular weight is 636 g/mol. The summed E-state index contributed by atoms with van der Waals surface area (Å²) in [5.41, 5.74) is 0.242. The summed E-state index contributed by atoms with van der Waals surface area (Å²) in [5.74, 6) is 0.130. The molecule has 0 aromatic heterocycles. The van der Waals surface area contributed by atoms with E-state index < -0.39 is 46.1 Å². The number of amides is 1. The van der Waals surface area contributed by atoms with Gasteiger partial charge in [-0.2, -0.15) is 13.2 Å². The predicted molar refractivity (Wildman–Crippen MR) is 167 cm³/mol.